The van der Waals surface area contributed by atoms with Gasteiger partial charge < -0.3 is 5.32 Å². The van der Waals surface area contributed by atoms with Crippen molar-refractivity contribution in [2.24, 2.45) is 0 Å². The van der Waals surface area contributed by atoms with E-state index in [4.69, 9.17) is 6.42 Å². The summed E-state index contributed by atoms with van der Waals surface area (Å²) >= 11 is 0. The summed E-state index contributed by atoms with van der Waals surface area (Å²) in [5.74, 6) is 3.47. The molecule has 1 aromatic rings. The molecule has 1 N–H and O–H groups in total. The molecule has 1 aliphatic rings. The number of hydrogen-bond donors (Lipinski definition) is 1. The lowest BCUT2D eigenvalue weighted by molar-refractivity contribution is 0.696. The van der Waals surface area contributed by atoms with Crippen molar-refractivity contribution in [2.45, 2.75) is 31.7 Å². The first kappa shape index (κ1) is 10.3. The fraction of sp³-hybridized carbons (Fsp3) is 0.429. The van der Waals surface area contributed by atoms with Gasteiger partial charge in [-0.25, -0.2) is 0 Å². The molecule has 1 saturated carbocycles. The van der Waals surface area contributed by atoms with Crippen molar-refractivity contribution < 1.29 is 0 Å². The van der Waals surface area contributed by atoms with E-state index in [-0.39, 0.29) is 0 Å². The monoisotopic (exact) mass is 199 g/mol. The molecule has 1 aromatic carbocycles. The van der Waals surface area contributed by atoms with Crippen molar-refractivity contribution in [1.29, 1.82) is 0 Å². The Kier molecular flexibility index (Phi) is 3.42. The van der Waals surface area contributed by atoms with Crippen LogP contribution >= 0.6 is 0 Å². The van der Waals surface area contributed by atoms with Crippen molar-refractivity contribution in [1.82, 2.24) is 5.32 Å². The summed E-state index contributed by atoms with van der Waals surface area (Å²) in [5.41, 5.74) is 2.97. The molecular formula is C14H17N. The van der Waals surface area contributed by atoms with E-state index in [9.17, 15) is 0 Å². The molecule has 1 nitrogen and oxygen atoms in total. The largest absolute Gasteiger partial charge is 0.312 e. The number of terminal acetylenes is 1. The predicted octanol–water partition coefficient (Wildman–Crippen LogP) is 2.68. The zero-order chi connectivity index (χ0) is 10.5. The zero-order valence-corrected chi connectivity index (χ0v) is 9.00. The minimum absolute atomic E-state index is 0.811. The molecule has 0 saturated heterocycles. The number of hydrogen-bond acceptors (Lipinski definition) is 1. The Hall–Kier alpha value is -1.26. The summed E-state index contributed by atoms with van der Waals surface area (Å²) in [4.78, 5) is 0. The summed E-state index contributed by atoms with van der Waals surface area (Å²) in [7, 11) is 0. The van der Waals surface area contributed by atoms with E-state index in [1.807, 2.05) is 0 Å². The standard InChI is InChI=1S/C14H17N/c1-2-3-10-15-11-13-6-4-5-7-14(13)12-8-9-12/h1,4-7,12,15H,3,8-11H2. The molecular weight excluding hydrogens is 182 g/mol. The van der Waals surface area contributed by atoms with Gasteiger partial charge in [-0.1, -0.05) is 24.3 Å². The fourth-order valence-electron chi connectivity index (χ4n) is 1.87. The van der Waals surface area contributed by atoms with Crippen molar-refractivity contribution in [3.8, 4) is 12.3 Å². The summed E-state index contributed by atoms with van der Waals surface area (Å²) in [6, 6.07) is 8.73. The minimum Gasteiger partial charge on any atom is -0.312 e. The highest BCUT2D eigenvalue weighted by Crippen LogP contribution is 2.41. The predicted molar refractivity (Wildman–Crippen MR) is 63.6 cm³/mol. The van der Waals surface area contributed by atoms with E-state index in [1.54, 1.807) is 0 Å². The van der Waals surface area contributed by atoms with Gasteiger partial charge >= 0.3 is 0 Å². The molecule has 0 aromatic heterocycles. The van der Waals surface area contributed by atoms with Crippen LogP contribution in [-0.2, 0) is 6.54 Å². The highest BCUT2D eigenvalue weighted by molar-refractivity contribution is 5.33. The van der Waals surface area contributed by atoms with Crippen LogP contribution in [0.1, 0.15) is 36.3 Å². The van der Waals surface area contributed by atoms with Gasteiger partial charge in [-0.3, -0.25) is 0 Å². The Morgan fingerprint density at radius 2 is 2.13 bits per heavy atom. The molecule has 1 heteroatoms. The summed E-state index contributed by atoms with van der Waals surface area (Å²) < 4.78 is 0. The van der Waals surface area contributed by atoms with Gasteiger partial charge in [0, 0.05) is 19.5 Å². The molecule has 0 atom stereocenters. The molecule has 78 valence electrons. The molecule has 0 spiro atoms. The Morgan fingerprint density at radius 1 is 1.33 bits per heavy atom. The third kappa shape index (κ3) is 2.84. The van der Waals surface area contributed by atoms with Crippen LogP contribution in [0, 0.1) is 12.3 Å². The van der Waals surface area contributed by atoms with Crippen molar-refractivity contribution in [3.05, 3.63) is 35.4 Å². The normalized spacial score (nSPS) is 14.9. The van der Waals surface area contributed by atoms with Crippen LogP contribution in [0.2, 0.25) is 0 Å². The average molecular weight is 199 g/mol. The van der Waals surface area contributed by atoms with E-state index in [0.717, 1.165) is 25.4 Å². The van der Waals surface area contributed by atoms with Gasteiger partial charge in [0.1, 0.15) is 0 Å². The molecule has 0 heterocycles. The Morgan fingerprint density at radius 3 is 2.87 bits per heavy atom. The zero-order valence-electron chi connectivity index (χ0n) is 9.00. The summed E-state index contributed by atoms with van der Waals surface area (Å²) in [5, 5.41) is 3.38. The highest BCUT2D eigenvalue weighted by atomic mass is 14.8. The molecule has 15 heavy (non-hydrogen) atoms. The second-order valence-corrected chi connectivity index (χ2v) is 4.10. The Bertz CT molecular complexity index is 358. The third-order valence-corrected chi connectivity index (χ3v) is 2.83. The molecule has 0 amide bonds. The summed E-state index contributed by atoms with van der Waals surface area (Å²) in [6.07, 6.45) is 8.74. The maximum atomic E-state index is 5.21. The van der Waals surface area contributed by atoms with Crippen molar-refractivity contribution >= 4 is 0 Å². The Balaban J connectivity index is 1.92. The van der Waals surface area contributed by atoms with Gasteiger partial charge in [0.25, 0.3) is 0 Å². The first-order valence-electron chi connectivity index (χ1n) is 5.64. The fourth-order valence-corrected chi connectivity index (χ4v) is 1.87. The van der Waals surface area contributed by atoms with Crippen LogP contribution in [0.4, 0.5) is 0 Å². The maximum Gasteiger partial charge on any atom is 0.0212 e. The van der Waals surface area contributed by atoms with Gasteiger partial charge in [-0.2, -0.15) is 0 Å². The van der Waals surface area contributed by atoms with Gasteiger partial charge in [0.2, 0.25) is 0 Å². The summed E-state index contributed by atoms with van der Waals surface area (Å²) in [6.45, 7) is 1.86. The second-order valence-electron chi connectivity index (χ2n) is 4.10. The van der Waals surface area contributed by atoms with E-state index >= 15 is 0 Å². The minimum atomic E-state index is 0.811. The smallest absolute Gasteiger partial charge is 0.0212 e. The third-order valence-electron chi connectivity index (χ3n) is 2.83. The maximum absolute atomic E-state index is 5.21. The highest BCUT2D eigenvalue weighted by Gasteiger charge is 2.25. The van der Waals surface area contributed by atoms with Crippen LogP contribution < -0.4 is 5.32 Å². The van der Waals surface area contributed by atoms with Crippen molar-refractivity contribution in [2.75, 3.05) is 6.54 Å². The lowest BCUT2D eigenvalue weighted by atomic mass is 10.0. The van der Waals surface area contributed by atoms with Gasteiger partial charge in [-0.15, -0.1) is 12.3 Å². The average Bonchev–Trinajstić information content (AvgIpc) is 3.09. The van der Waals surface area contributed by atoms with E-state index in [1.165, 1.54) is 24.0 Å². The number of nitrogens with one attached hydrogen (secondary N) is 1. The number of benzene rings is 1. The molecule has 0 aliphatic heterocycles. The van der Waals surface area contributed by atoms with E-state index in [0.29, 0.717) is 0 Å². The van der Waals surface area contributed by atoms with Crippen LogP contribution in [0.3, 0.4) is 0 Å². The van der Waals surface area contributed by atoms with E-state index < -0.39 is 0 Å². The molecule has 0 radical (unpaired) electrons. The van der Waals surface area contributed by atoms with Gasteiger partial charge in [0.15, 0.2) is 0 Å². The first-order valence-corrected chi connectivity index (χ1v) is 5.64. The second kappa shape index (κ2) is 5.00. The lowest BCUT2D eigenvalue weighted by Crippen LogP contribution is -2.15. The Labute approximate surface area is 91.9 Å². The topological polar surface area (TPSA) is 12.0 Å². The van der Waals surface area contributed by atoms with Crippen molar-refractivity contribution in [3.63, 3.8) is 0 Å². The molecule has 0 unspecified atom stereocenters. The first-order chi connectivity index (χ1) is 7.42. The van der Waals surface area contributed by atoms with Gasteiger partial charge in [-0.05, 0) is 29.9 Å². The van der Waals surface area contributed by atoms with Crippen LogP contribution in [-0.4, -0.2) is 6.54 Å². The quantitative estimate of drug-likeness (QED) is 0.568. The van der Waals surface area contributed by atoms with E-state index in [2.05, 4.69) is 35.5 Å². The lowest BCUT2D eigenvalue weighted by Gasteiger charge is -2.08. The molecule has 1 fully saturated rings. The molecule has 0 bridgehead atoms. The number of rotatable bonds is 5. The SMILES string of the molecule is C#CCCNCc1ccccc1C1CC1. The van der Waals surface area contributed by atoms with Crippen LogP contribution in [0.25, 0.3) is 0 Å². The molecule has 1 aliphatic carbocycles. The molecule has 2 rings (SSSR count). The van der Waals surface area contributed by atoms with Crippen LogP contribution in [0.5, 0.6) is 0 Å². The van der Waals surface area contributed by atoms with Crippen LogP contribution in [0.15, 0.2) is 24.3 Å². The van der Waals surface area contributed by atoms with Gasteiger partial charge in [0.05, 0.1) is 0 Å².